The van der Waals surface area contributed by atoms with Crippen molar-refractivity contribution < 1.29 is 14.3 Å². The number of aldehydes is 1. The highest BCUT2D eigenvalue weighted by Crippen LogP contribution is 2.25. The standard InChI is InChI=1S/C16H21NO3/c1-11(2)13-5-4-6-15(7-13)20-16-9-17(12(3)19)8-14(16)10-18/h4-7,10-11,14,16H,8-9H2,1-3H3/t14-,16?/m1/s1. The Labute approximate surface area is 119 Å². The molecule has 0 aromatic heterocycles. The van der Waals surface area contributed by atoms with Crippen LogP contribution in [0.15, 0.2) is 24.3 Å². The molecule has 0 aliphatic carbocycles. The number of carbonyl (C=O) groups excluding carboxylic acids is 2. The van der Waals surface area contributed by atoms with E-state index in [1.54, 1.807) is 4.90 Å². The van der Waals surface area contributed by atoms with Gasteiger partial charge in [0.25, 0.3) is 0 Å². The maximum absolute atomic E-state index is 11.4. The maximum atomic E-state index is 11.4. The average molecular weight is 275 g/mol. The van der Waals surface area contributed by atoms with Crippen LogP contribution in [-0.4, -0.2) is 36.3 Å². The summed E-state index contributed by atoms with van der Waals surface area (Å²) in [6, 6.07) is 7.91. The average Bonchev–Trinajstić information content (AvgIpc) is 2.82. The molecule has 1 aliphatic heterocycles. The highest BCUT2D eigenvalue weighted by Gasteiger charge is 2.35. The maximum Gasteiger partial charge on any atom is 0.219 e. The minimum atomic E-state index is -0.251. The Morgan fingerprint density at radius 3 is 2.75 bits per heavy atom. The van der Waals surface area contributed by atoms with Crippen LogP contribution >= 0.6 is 0 Å². The van der Waals surface area contributed by atoms with Gasteiger partial charge >= 0.3 is 0 Å². The Morgan fingerprint density at radius 2 is 2.15 bits per heavy atom. The molecule has 2 atom stereocenters. The Kier molecular flexibility index (Phi) is 4.42. The van der Waals surface area contributed by atoms with Gasteiger partial charge in [0.1, 0.15) is 18.1 Å². The molecule has 1 saturated heterocycles. The molecule has 4 nitrogen and oxygen atoms in total. The van der Waals surface area contributed by atoms with Gasteiger partial charge in [0.15, 0.2) is 0 Å². The SMILES string of the molecule is CC(=O)N1CC(Oc2cccc(C(C)C)c2)[C@@H](C=O)C1. The van der Waals surface area contributed by atoms with Crippen LogP contribution in [0.1, 0.15) is 32.3 Å². The summed E-state index contributed by atoms with van der Waals surface area (Å²) in [6.07, 6.45) is 0.638. The molecule has 20 heavy (non-hydrogen) atoms. The molecule has 2 rings (SSSR count). The second-order valence-corrected chi connectivity index (χ2v) is 5.61. The largest absolute Gasteiger partial charge is 0.488 e. The number of amides is 1. The first-order valence-corrected chi connectivity index (χ1v) is 6.98. The van der Waals surface area contributed by atoms with E-state index in [0.717, 1.165) is 12.0 Å². The highest BCUT2D eigenvalue weighted by atomic mass is 16.5. The van der Waals surface area contributed by atoms with E-state index in [9.17, 15) is 9.59 Å². The first-order chi connectivity index (χ1) is 9.51. The minimum absolute atomic E-state index is 0.0149. The zero-order valence-corrected chi connectivity index (χ0v) is 12.2. The quantitative estimate of drug-likeness (QED) is 0.792. The number of ether oxygens (including phenoxy) is 1. The van der Waals surface area contributed by atoms with Crippen molar-refractivity contribution in [2.24, 2.45) is 5.92 Å². The van der Waals surface area contributed by atoms with Gasteiger partial charge in [-0.15, -0.1) is 0 Å². The third kappa shape index (κ3) is 3.18. The molecule has 0 N–H and O–H groups in total. The molecule has 0 radical (unpaired) electrons. The van der Waals surface area contributed by atoms with Crippen molar-refractivity contribution in [3.8, 4) is 5.75 Å². The van der Waals surface area contributed by atoms with Crippen molar-refractivity contribution in [1.82, 2.24) is 4.90 Å². The van der Waals surface area contributed by atoms with Crippen LogP contribution in [-0.2, 0) is 9.59 Å². The van der Waals surface area contributed by atoms with Crippen molar-refractivity contribution in [2.75, 3.05) is 13.1 Å². The molecule has 1 aromatic carbocycles. The molecule has 1 aromatic rings. The Bertz CT molecular complexity index is 498. The van der Waals surface area contributed by atoms with Gasteiger partial charge in [-0.3, -0.25) is 4.79 Å². The van der Waals surface area contributed by atoms with Gasteiger partial charge in [0, 0.05) is 13.5 Å². The van der Waals surface area contributed by atoms with Gasteiger partial charge in [-0.1, -0.05) is 26.0 Å². The predicted octanol–water partition coefficient (Wildman–Crippen LogP) is 2.23. The van der Waals surface area contributed by atoms with E-state index in [1.807, 2.05) is 18.2 Å². The van der Waals surface area contributed by atoms with Crippen molar-refractivity contribution >= 4 is 12.2 Å². The van der Waals surface area contributed by atoms with Crippen molar-refractivity contribution in [3.63, 3.8) is 0 Å². The molecule has 1 heterocycles. The second kappa shape index (κ2) is 6.07. The number of nitrogens with zero attached hydrogens (tertiary/aromatic N) is 1. The second-order valence-electron chi connectivity index (χ2n) is 5.61. The molecule has 108 valence electrons. The smallest absolute Gasteiger partial charge is 0.219 e. The molecule has 4 heteroatoms. The van der Waals surface area contributed by atoms with E-state index in [1.165, 1.54) is 12.5 Å². The van der Waals surface area contributed by atoms with Crippen LogP contribution in [0.3, 0.4) is 0 Å². The Hall–Kier alpha value is -1.84. The summed E-state index contributed by atoms with van der Waals surface area (Å²) in [5, 5.41) is 0. The fourth-order valence-electron chi connectivity index (χ4n) is 2.43. The van der Waals surface area contributed by atoms with Gasteiger partial charge < -0.3 is 14.4 Å². The zero-order chi connectivity index (χ0) is 14.7. The lowest BCUT2D eigenvalue weighted by atomic mass is 10.0. The third-order valence-corrected chi connectivity index (χ3v) is 3.74. The molecular formula is C16H21NO3. The zero-order valence-electron chi connectivity index (χ0n) is 12.2. The first-order valence-electron chi connectivity index (χ1n) is 6.98. The lowest BCUT2D eigenvalue weighted by Gasteiger charge is -2.17. The van der Waals surface area contributed by atoms with Gasteiger partial charge in [-0.2, -0.15) is 0 Å². The number of hydrogen-bond acceptors (Lipinski definition) is 3. The first kappa shape index (κ1) is 14.6. The number of carbonyl (C=O) groups is 2. The molecule has 0 spiro atoms. The van der Waals surface area contributed by atoms with Crippen LogP contribution in [0.2, 0.25) is 0 Å². The van der Waals surface area contributed by atoms with Crippen LogP contribution in [0.5, 0.6) is 5.75 Å². The van der Waals surface area contributed by atoms with Crippen LogP contribution in [0.4, 0.5) is 0 Å². The fraction of sp³-hybridized carbons (Fsp3) is 0.500. The van der Waals surface area contributed by atoms with Gasteiger partial charge in [0.2, 0.25) is 5.91 Å². The summed E-state index contributed by atoms with van der Waals surface area (Å²) in [6.45, 7) is 6.70. The van der Waals surface area contributed by atoms with E-state index in [4.69, 9.17) is 4.74 Å². The molecule has 1 amide bonds. The lowest BCUT2D eigenvalue weighted by Crippen LogP contribution is -2.29. The van der Waals surface area contributed by atoms with Crippen LogP contribution < -0.4 is 4.74 Å². The molecular weight excluding hydrogens is 254 g/mol. The summed E-state index contributed by atoms with van der Waals surface area (Å²) >= 11 is 0. The van der Waals surface area contributed by atoms with E-state index in [-0.39, 0.29) is 17.9 Å². The lowest BCUT2D eigenvalue weighted by molar-refractivity contribution is -0.128. The highest BCUT2D eigenvalue weighted by molar-refractivity contribution is 5.74. The predicted molar refractivity (Wildman–Crippen MR) is 76.8 cm³/mol. The van der Waals surface area contributed by atoms with E-state index in [2.05, 4.69) is 19.9 Å². The van der Waals surface area contributed by atoms with Crippen LogP contribution in [0.25, 0.3) is 0 Å². The number of rotatable bonds is 4. The molecule has 1 unspecified atom stereocenters. The number of benzene rings is 1. The van der Waals surface area contributed by atoms with Crippen LogP contribution in [0, 0.1) is 5.92 Å². The number of likely N-dealkylation sites (tertiary alicyclic amines) is 1. The molecule has 0 saturated carbocycles. The molecule has 0 bridgehead atoms. The fourth-order valence-corrected chi connectivity index (χ4v) is 2.43. The van der Waals surface area contributed by atoms with Gasteiger partial charge in [-0.25, -0.2) is 0 Å². The van der Waals surface area contributed by atoms with Crippen molar-refractivity contribution in [3.05, 3.63) is 29.8 Å². The Balaban J connectivity index is 2.10. The third-order valence-electron chi connectivity index (χ3n) is 3.74. The van der Waals surface area contributed by atoms with Crippen molar-refractivity contribution in [1.29, 1.82) is 0 Å². The molecule has 1 fully saturated rings. The van der Waals surface area contributed by atoms with E-state index >= 15 is 0 Å². The van der Waals surface area contributed by atoms with E-state index in [0.29, 0.717) is 19.0 Å². The summed E-state index contributed by atoms with van der Waals surface area (Å²) in [5.41, 5.74) is 1.20. The molecule has 1 aliphatic rings. The summed E-state index contributed by atoms with van der Waals surface area (Å²) in [7, 11) is 0. The monoisotopic (exact) mass is 275 g/mol. The topological polar surface area (TPSA) is 46.6 Å². The number of hydrogen-bond donors (Lipinski definition) is 0. The summed E-state index contributed by atoms with van der Waals surface area (Å²) in [4.78, 5) is 24.2. The summed E-state index contributed by atoms with van der Waals surface area (Å²) in [5.74, 6) is 0.927. The van der Waals surface area contributed by atoms with Gasteiger partial charge in [0.05, 0.1) is 12.5 Å². The van der Waals surface area contributed by atoms with Crippen molar-refractivity contribution in [2.45, 2.75) is 32.8 Å². The van der Waals surface area contributed by atoms with E-state index < -0.39 is 0 Å². The summed E-state index contributed by atoms with van der Waals surface area (Å²) < 4.78 is 5.92. The normalized spacial score (nSPS) is 22.1. The Morgan fingerprint density at radius 1 is 1.40 bits per heavy atom. The minimum Gasteiger partial charge on any atom is -0.488 e. The van der Waals surface area contributed by atoms with Gasteiger partial charge in [-0.05, 0) is 23.6 Å².